The Bertz CT molecular complexity index is 1160. The molecule has 0 aliphatic rings. The van der Waals surface area contributed by atoms with Crippen LogP contribution in [0.4, 0.5) is 0 Å². The van der Waals surface area contributed by atoms with Crippen LogP contribution in [0.3, 0.4) is 0 Å². The number of aromatic hydroxyl groups is 1. The van der Waals surface area contributed by atoms with Crippen molar-refractivity contribution in [3.8, 4) is 5.75 Å². The first kappa shape index (κ1) is 14.2. The summed E-state index contributed by atoms with van der Waals surface area (Å²) in [6.07, 6.45) is 0. The number of carbonyl (C=O) groups is 1. The number of rotatable bonds is 2. The molecule has 0 fully saturated rings. The van der Waals surface area contributed by atoms with Gasteiger partial charge in [0.1, 0.15) is 16.9 Å². The van der Waals surface area contributed by atoms with Crippen LogP contribution in [0.15, 0.2) is 75.9 Å². The van der Waals surface area contributed by atoms with Gasteiger partial charge in [0.25, 0.3) is 0 Å². The highest BCUT2D eigenvalue weighted by atomic mass is 16.4. The third-order valence-electron chi connectivity index (χ3n) is 3.99. The van der Waals surface area contributed by atoms with Crippen molar-refractivity contribution in [1.82, 2.24) is 0 Å². The predicted molar refractivity (Wildman–Crippen MR) is 91.5 cm³/mol. The Kier molecular flexibility index (Phi) is 3.17. The van der Waals surface area contributed by atoms with Gasteiger partial charge in [0.05, 0.1) is 5.56 Å². The van der Waals surface area contributed by atoms with E-state index in [0.29, 0.717) is 11.0 Å². The maximum atomic E-state index is 12.6. The van der Waals surface area contributed by atoms with E-state index in [2.05, 4.69) is 0 Å². The van der Waals surface area contributed by atoms with E-state index in [-0.39, 0.29) is 16.9 Å². The number of benzene rings is 3. The van der Waals surface area contributed by atoms with E-state index < -0.39 is 11.4 Å². The number of ketones is 1. The number of hydrogen-bond acceptors (Lipinski definition) is 4. The summed E-state index contributed by atoms with van der Waals surface area (Å²) in [6, 6.07) is 19.0. The maximum Gasteiger partial charge on any atom is 0.347 e. The summed E-state index contributed by atoms with van der Waals surface area (Å²) in [6.45, 7) is 0. The highest BCUT2D eigenvalue weighted by Crippen LogP contribution is 2.24. The highest BCUT2D eigenvalue weighted by molar-refractivity contribution is 6.11. The second-order valence-electron chi connectivity index (χ2n) is 5.53. The number of phenolic OH excluding ortho intramolecular Hbond substituents is 1. The molecule has 4 aromatic rings. The lowest BCUT2D eigenvalue weighted by atomic mass is 10.0. The molecule has 0 radical (unpaired) electrons. The van der Waals surface area contributed by atoms with E-state index in [1.54, 1.807) is 18.2 Å². The molecule has 0 bridgehead atoms. The van der Waals surface area contributed by atoms with Crippen LogP contribution in [0.1, 0.15) is 15.9 Å². The van der Waals surface area contributed by atoms with Crippen LogP contribution in [0, 0.1) is 0 Å². The zero-order valence-corrected chi connectivity index (χ0v) is 12.5. The fourth-order valence-corrected chi connectivity index (χ4v) is 2.78. The van der Waals surface area contributed by atoms with Gasteiger partial charge >= 0.3 is 5.63 Å². The number of carbonyl (C=O) groups excluding carboxylic acids is 1. The number of phenols is 1. The van der Waals surface area contributed by atoms with Crippen LogP contribution in [0.5, 0.6) is 5.75 Å². The van der Waals surface area contributed by atoms with Gasteiger partial charge in [-0.3, -0.25) is 4.79 Å². The molecule has 1 N–H and O–H groups in total. The molecule has 116 valence electrons. The Balaban J connectivity index is 1.94. The first-order valence-corrected chi connectivity index (χ1v) is 7.43. The Morgan fingerprint density at radius 2 is 1.46 bits per heavy atom. The molecule has 4 rings (SSSR count). The number of hydrogen-bond donors (Lipinski definition) is 1. The molecule has 0 saturated carbocycles. The molecule has 3 aromatic carbocycles. The van der Waals surface area contributed by atoms with Crippen molar-refractivity contribution in [1.29, 1.82) is 0 Å². The molecule has 0 amide bonds. The van der Waals surface area contributed by atoms with Gasteiger partial charge in [0.2, 0.25) is 5.78 Å². The van der Waals surface area contributed by atoms with Crippen molar-refractivity contribution in [2.24, 2.45) is 0 Å². The highest BCUT2D eigenvalue weighted by Gasteiger charge is 2.18. The molecule has 24 heavy (non-hydrogen) atoms. The molecule has 4 nitrogen and oxygen atoms in total. The largest absolute Gasteiger partial charge is 0.507 e. The van der Waals surface area contributed by atoms with Crippen molar-refractivity contribution < 1.29 is 14.3 Å². The van der Waals surface area contributed by atoms with Gasteiger partial charge in [0.15, 0.2) is 0 Å². The standard InChI is InChI=1S/C20H12O4/c21-17-8-4-3-7-15(17)19(22)16-10-14-9-12-5-1-2-6-13(12)11-18(14)24-20(16)23/h1-11,21H. The van der Waals surface area contributed by atoms with Crippen LogP contribution >= 0.6 is 0 Å². The first-order chi connectivity index (χ1) is 11.6. The lowest BCUT2D eigenvalue weighted by Crippen LogP contribution is -2.14. The smallest absolute Gasteiger partial charge is 0.347 e. The molecule has 0 unspecified atom stereocenters. The number of para-hydroxylation sites is 1. The van der Waals surface area contributed by atoms with Crippen LogP contribution < -0.4 is 5.63 Å². The minimum atomic E-state index is -0.717. The molecule has 0 aliphatic carbocycles. The summed E-state index contributed by atoms with van der Waals surface area (Å²) in [5.41, 5.74) is -0.317. The topological polar surface area (TPSA) is 67.5 Å². The minimum Gasteiger partial charge on any atom is -0.507 e. The quantitative estimate of drug-likeness (QED) is 0.346. The summed E-state index contributed by atoms with van der Waals surface area (Å²) >= 11 is 0. The lowest BCUT2D eigenvalue weighted by molar-refractivity contribution is 0.103. The van der Waals surface area contributed by atoms with E-state index in [0.717, 1.165) is 10.8 Å². The minimum absolute atomic E-state index is 0.0740. The molecule has 0 atom stereocenters. The van der Waals surface area contributed by atoms with Crippen molar-refractivity contribution in [3.63, 3.8) is 0 Å². The first-order valence-electron chi connectivity index (χ1n) is 7.43. The average Bonchev–Trinajstić information content (AvgIpc) is 2.59. The second kappa shape index (κ2) is 5.35. The summed E-state index contributed by atoms with van der Waals surface area (Å²) < 4.78 is 5.33. The van der Waals surface area contributed by atoms with Crippen LogP contribution in [0.2, 0.25) is 0 Å². The van der Waals surface area contributed by atoms with Crippen molar-refractivity contribution in [3.05, 3.63) is 88.3 Å². The fraction of sp³-hybridized carbons (Fsp3) is 0. The molecular formula is C20H12O4. The van der Waals surface area contributed by atoms with Gasteiger partial charge < -0.3 is 9.52 Å². The number of fused-ring (bicyclic) bond motifs is 2. The maximum absolute atomic E-state index is 12.6. The molecule has 0 saturated heterocycles. The van der Waals surface area contributed by atoms with E-state index in [4.69, 9.17) is 4.42 Å². The van der Waals surface area contributed by atoms with Crippen LogP contribution in [-0.2, 0) is 0 Å². The monoisotopic (exact) mass is 316 g/mol. The van der Waals surface area contributed by atoms with Gasteiger partial charge in [-0.1, -0.05) is 36.4 Å². The predicted octanol–water partition coefficient (Wildman–Crippen LogP) is 3.88. The van der Waals surface area contributed by atoms with Crippen molar-refractivity contribution in [2.75, 3.05) is 0 Å². The third-order valence-corrected chi connectivity index (χ3v) is 3.99. The Hall–Kier alpha value is -3.40. The van der Waals surface area contributed by atoms with Gasteiger partial charge in [-0.2, -0.15) is 0 Å². The van der Waals surface area contributed by atoms with Crippen LogP contribution in [0.25, 0.3) is 21.7 Å². The van der Waals surface area contributed by atoms with Crippen molar-refractivity contribution >= 4 is 27.5 Å². The molecule has 0 aliphatic heterocycles. The fourth-order valence-electron chi connectivity index (χ4n) is 2.78. The Labute approximate surface area is 136 Å². The van der Waals surface area contributed by atoms with Crippen molar-refractivity contribution in [2.45, 2.75) is 0 Å². The molecule has 0 spiro atoms. The molecule has 1 heterocycles. The molecule has 1 aromatic heterocycles. The van der Waals surface area contributed by atoms with Gasteiger partial charge in [0, 0.05) is 5.39 Å². The lowest BCUT2D eigenvalue weighted by Gasteiger charge is -2.05. The zero-order chi connectivity index (χ0) is 16.7. The third kappa shape index (κ3) is 2.25. The zero-order valence-electron chi connectivity index (χ0n) is 12.5. The van der Waals surface area contributed by atoms with E-state index >= 15 is 0 Å². The Morgan fingerprint density at radius 1 is 0.792 bits per heavy atom. The molecular weight excluding hydrogens is 304 g/mol. The van der Waals surface area contributed by atoms with Crippen LogP contribution in [-0.4, -0.2) is 10.9 Å². The van der Waals surface area contributed by atoms with E-state index in [9.17, 15) is 14.7 Å². The van der Waals surface area contributed by atoms with E-state index in [1.807, 2.05) is 30.3 Å². The Morgan fingerprint density at radius 3 is 2.21 bits per heavy atom. The van der Waals surface area contributed by atoms with Gasteiger partial charge in [-0.25, -0.2) is 4.79 Å². The van der Waals surface area contributed by atoms with E-state index in [1.165, 1.54) is 18.2 Å². The van der Waals surface area contributed by atoms with Gasteiger partial charge in [-0.15, -0.1) is 0 Å². The summed E-state index contributed by atoms with van der Waals surface area (Å²) in [5.74, 6) is -0.725. The summed E-state index contributed by atoms with van der Waals surface area (Å²) in [5, 5.41) is 12.4. The normalized spacial score (nSPS) is 11.0. The molecule has 4 heteroatoms. The van der Waals surface area contributed by atoms with Gasteiger partial charge in [-0.05, 0) is 41.1 Å². The summed E-state index contributed by atoms with van der Waals surface area (Å²) in [4.78, 5) is 24.8. The average molecular weight is 316 g/mol. The second-order valence-corrected chi connectivity index (χ2v) is 5.53. The summed E-state index contributed by atoms with van der Waals surface area (Å²) in [7, 11) is 0. The SMILES string of the molecule is O=C(c1ccccc1O)c1cc2cc3ccccc3cc2oc1=O.